The van der Waals surface area contributed by atoms with Gasteiger partial charge in [-0.15, -0.1) is 0 Å². The number of likely N-dealkylation sites (N-methyl/N-ethyl adjacent to an activating group) is 1. The lowest BCUT2D eigenvalue weighted by Crippen LogP contribution is -2.16. The van der Waals surface area contributed by atoms with Crippen molar-refractivity contribution in [3.63, 3.8) is 0 Å². The Bertz CT molecular complexity index is 998. The molecule has 0 aliphatic heterocycles. The molecule has 0 bridgehead atoms. The van der Waals surface area contributed by atoms with Gasteiger partial charge in [0.2, 0.25) is 0 Å². The number of fused-ring (bicyclic) bond motifs is 3. The molecule has 29 heavy (non-hydrogen) atoms. The molecule has 2 aromatic heterocycles. The van der Waals surface area contributed by atoms with Crippen LogP contribution in [0.4, 0.5) is 4.70 Å². The Morgan fingerprint density at radius 3 is 2.52 bits per heavy atom. The molecular weight excluding hydrogens is 377 g/mol. The molecule has 1 amide bonds. The number of para-hydroxylation sites is 1. The molecule has 4 rings (SSSR count). The predicted octanol–water partition coefficient (Wildman–Crippen LogP) is 2.63. The molecule has 0 radical (unpaired) electrons. The first-order valence-electron chi connectivity index (χ1n) is 9.44. The van der Waals surface area contributed by atoms with Gasteiger partial charge in [-0.2, -0.15) is 0 Å². The van der Waals surface area contributed by atoms with Gasteiger partial charge in [0.1, 0.15) is 5.52 Å². The molecule has 1 aliphatic rings. The van der Waals surface area contributed by atoms with E-state index in [0.717, 1.165) is 29.3 Å². The number of imidazole rings is 1. The minimum absolute atomic E-state index is 0. The fraction of sp³-hybridized carbons (Fsp3) is 0.400. The van der Waals surface area contributed by atoms with E-state index in [1.54, 1.807) is 7.05 Å². The normalized spacial score (nSPS) is 14.1. The second-order valence-corrected chi connectivity index (χ2v) is 6.91. The summed E-state index contributed by atoms with van der Waals surface area (Å²) >= 11 is 0. The summed E-state index contributed by atoms with van der Waals surface area (Å²) in [5.74, 6) is -1.35. The van der Waals surface area contributed by atoms with Crippen molar-refractivity contribution >= 4 is 33.8 Å². The zero-order valence-electron chi connectivity index (χ0n) is 16.3. The summed E-state index contributed by atoms with van der Waals surface area (Å²) in [5.41, 5.74) is 8.18. The van der Waals surface area contributed by atoms with Crippen LogP contribution in [0.1, 0.15) is 48.6 Å². The Balaban J connectivity index is 0.000000379. The van der Waals surface area contributed by atoms with Crippen LogP contribution in [0, 0.1) is 0 Å². The average Bonchev–Trinajstić information content (AvgIpc) is 3.13. The molecule has 3 aromatic rings. The SMILES string of the molecule is CNCC(=O)O.F.NC(=O)c1nc2ccccc2c2c1ncn2C1CCCCC1. The van der Waals surface area contributed by atoms with Crippen molar-refractivity contribution in [3.8, 4) is 0 Å². The third kappa shape index (κ3) is 4.86. The molecule has 0 saturated heterocycles. The largest absolute Gasteiger partial charge is 0.480 e. The Morgan fingerprint density at radius 1 is 1.24 bits per heavy atom. The van der Waals surface area contributed by atoms with Crippen molar-refractivity contribution in [1.82, 2.24) is 19.9 Å². The number of primary amides is 1. The van der Waals surface area contributed by atoms with Crippen molar-refractivity contribution in [2.45, 2.75) is 38.1 Å². The summed E-state index contributed by atoms with van der Waals surface area (Å²) in [6, 6.07) is 8.32. The van der Waals surface area contributed by atoms with Gasteiger partial charge in [-0.1, -0.05) is 37.5 Å². The number of nitrogens with two attached hydrogens (primary N) is 1. The molecule has 0 atom stereocenters. The van der Waals surface area contributed by atoms with Gasteiger partial charge in [0.05, 0.1) is 23.9 Å². The van der Waals surface area contributed by atoms with Crippen LogP contribution in [0.25, 0.3) is 21.9 Å². The lowest BCUT2D eigenvalue weighted by atomic mass is 9.95. The first kappa shape index (κ1) is 22.2. The lowest BCUT2D eigenvalue weighted by Gasteiger charge is -2.24. The van der Waals surface area contributed by atoms with E-state index in [1.807, 2.05) is 30.6 Å². The molecule has 0 unspecified atom stereocenters. The van der Waals surface area contributed by atoms with Crippen LogP contribution in [0.5, 0.6) is 0 Å². The summed E-state index contributed by atoms with van der Waals surface area (Å²) in [6.45, 7) is 0.0417. The molecule has 1 saturated carbocycles. The number of benzene rings is 1. The van der Waals surface area contributed by atoms with Gasteiger partial charge < -0.3 is 20.7 Å². The number of pyridine rings is 1. The second-order valence-electron chi connectivity index (χ2n) is 6.91. The Kier molecular flexibility index (Phi) is 7.60. The third-order valence-corrected chi connectivity index (χ3v) is 4.94. The summed E-state index contributed by atoms with van der Waals surface area (Å²) in [5, 5.41) is 11.4. The van der Waals surface area contributed by atoms with Crippen LogP contribution >= 0.6 is 0 Å². The molecule has 2 heterocycles. The maximum Gasteiger partial charge on any atom is 0.317 e. The van der Waals surface area contributed by atoms with E-state index in [4.69, 9.17) is 10.8 Å². The highest BCUT2D eigenvalue weighted by Crippen LogP contribution is 2.34. The fourth-order valence-electron chi connectivity index (χ4n) is 3.70. The molecule has 1 aromatic carbocycles. The monoisotopic (exact) mass is 403 g/mol. The van der Waals surface area contributed by atoms with E-state index in [0.29, 0.717) is 11.6 Å². The topological polar surface area (TPSA) is 123 Å². The number of carboxylic acids is 1. The highest BCUT2D eigenvalue weighted by Gasteiger charge is 2.22. The number of nitrogens with zero attached hydrogens (tertiary/aromatic N) is 3. The molecule has 9 heteroatoms. The van der Waals surface area contributed by atoms with E-state index < -0.39 is 11.9 Å². The predicted molar refractivity (Wildman–Crippen MR) is 110 cm³/mol. The summed E-state index contributed by atoms with van der Waals surface area (Å²) in [4.78, 5) is 30.2. The number of amides is 1. The summed E-state index contributed by atoms with van der Waals surface area (Å²) in [7, 11) is 1.59. The molecule has 156 valence electrons. The van der Waals surface area contributed by atoms with Crippen molar-refractivity contribution < 1.29 is 19.4 Å². The van der Waals surface area contributed by atoms with Crippen molar-refractivity contribution in [1.29, 1.82) is 0 Å². The molecular formula is C20H26FN5O3. The van der Waals surface area contributed by atoms with Gasteiger partial charge in [-0.3, -0.25) is 14.3 Å². The van der Waals surface area contributed by atoms with E-state index in [9.17, 15) is 9.59 Å². The second kappa shape index (κ2) is 9.92. The van der Waals surface area contributed by atoms with Crippen LogP contribution in [-0.4, -0.2) is 45.1 Å². The molecule has 0 spiro atoms. The van der Waals surface area contributed by atoms with Crippen LogP contribution in [-0.2, 0) is 4.79 Å². The van der Waals surface area contributed by atoms with Gasteiger partial charge in [-0.05, 0) is 26.0 Å². The Labute approximate surface area is 167 Å². The maximum atomic E-state index is 11.8. The highest BCUT2D eigenvalue weighted by atomic mass is 19.0. The lowest BCUT2D eigenvalue weighted by molar-refractivity contribution is -0.135. The number of hydrogen-bond donors (Lipinski definition) is 3. The molecule has 4 N–H and O–H groups in total. The summed E-state index contributed by atoms with van der Waals surface area (Å²) in [6.07, 6.45) is 7.97. The van der Waals surface area contributed by atoms with Crippen molar-refractivity contribution in [2.75, 3.05) is 13.6 Å². The van der Waals surface area contributed by atoms with Crippen LogP contribution < -0.4 is 11.1 Å². The minimum atomic E-state index is -0.822. The smallest absolute Gasteiger partial charge is 0.317 e. The van der Waals surface area contributed by atoms with Crippen LogP contribution in [0.3, 0.4) is 0 Å². The molecule has 8 nitrogen and oxygen atoms in total. The number of halogens is 1. The van der Waals surface area contributed by atoms with Crippen LogP contribution in [0.2, 0.25) is 0 Å². The Hall–Kier alpha value is -3.07. The quantitative estimate of drug-likeness (QED) is 0.615. The first-order valence-corrected chi connectivity index (χ1v) is 9.44. The van der Waals surface area contributed by atoms with Gasteiger partial charge >= 0.3 is 5.97 Å². The zero-order chi connectivity index (χ0) is 20.1. The zero-order valence-corrected chi connectivity index (χ0v) is 16.3. The fourth-order valence-corrected chi connectivity index (χ4v) is 3.70. The standard InChI is InChI=1S/C17H18N4O.C3H7NO2.FH/c18-17(22)15-14-16(12-8-4-5-9-13(12)20-15)21(10-19-14)11-6-2-1-3-7-11;1-4-2-3(5)6;/h4-5,8-11H,1-3,6-7H2,(H2,18,22);4H,2H2,1H3,(H,5,6);1H. The van der Waals surface area contributed by atoms with Gasteiger partial charge in [0.25, 0.3) is 5.91 Å². The van der Waals surface area contributed by atoms with E-state index in [2.05, 4.69) is 19.9 Å². The van der Waals surface area contributed by atoms with Gasteiger partial charge in [0.15, 0.2) is 5.69 Å². The van der Waals surface area contributed by atoms with E-state index >= 15 is 0 Å². The van der Waals surface area contributed by atoms with Gasteiger partial charge in [-0.25, -0.2) is 9.97 Å². The molecule has 1 aliphatic carbocycles. The minimum Gasteiger partial charge on any atom is -0.480 e. The van der Waals surface area contributed by atoms with E-state index in [-0.39, 0.29) is 16.9 Å². The highest BCUT2D eigenvalue weighted by molar-refractivity contribution is 6.11. The summed E-state index contributed by atoms with van der Waals surface area (Å²) < 4.78 is 2.23. The van der Waals surface area contributed by atoms with Gasteiger partial charge in [0, 0.05) is 11.4 Å². The molecule has 1 fully saturated rings. The number of carboxylic acid groups (broad SMARTS) is 1. The van der Waals surface area contributed by atoms with E-state index in [1.165, 1.54) is 19.3 Å². The first-order chi connectivity index (χ1) is 13.5. The number of hydrogen-bond acceptors (Lipinski definition) is 5. The number of nitrogens with one attached hydrogen (secondary N) is 1. The maximum absolute atomic E-state index is 11.8. The number of rotatable bonds is 4. The number of carbonyl (C=O) groups excluding carboxylic acids is 1. The third-order valence-electron chi connectivity index (χ3n) is 4.94. The number of carbonyl (C=O) groups is 2. The number of aliphatic carboxylic acids is 1. The Morgan fingerprint density at radius 2 is 1.93 bits per heavy atom. The van der Waals surface area contributed by atoms with Crippen LogP contribution in [0.15, 0.2) is 30.6 Å². The van der Waals surface area contributed by atoms with Crippen molar-refractivity contribution in [3.05, 3.63) is 36.3 Å². The number of aromatic nitrogens is 3. The van der Waals surface area contributed by atoms with Crippen molar-refractivity contribution in [2.24, 2.45) is 5.73 Å². The average molecular weight is 403 g/mol.